The molecule has 150 valence electrons. The molecule has 0 saturated carbocycles. The third kappa shape index (κ3) is 4.01. The normalized spacial score (nSPS) is 23.6. The molecule has 1 aromatic heterocycles. The maximum atomic E-state index is 13.1. The van der Waals surface area contributed by atoms with E-state index < -0.39 is 0 Å². The number of nitrogens with zero attached hydrogens (tertiary/aromatic N) is 2. The summed E-state index contributed by atoms with van der Waals surface area (Å²) in [5.41, 5.74) is 1.38. The van der Waals surface area contributed by atoms with Gasteiger partial charge in [0.1, 0.15) is 5.76 Å². The molecule has 2 aliphatic heterocycles. The first-order valence-corrected chi connectivity index (χ1v) is 10.5. The summed E-state index contributed by atoms with van der Waals surface area (Å²) in [5.74, 6) is 1.96. The van der Waals surface area contributed by atoms with Crippen molar-refractivity contribution in [1.29, 1.82) is 0 Å². The number of carbonyl (C=O) groups excluding carboxylic acids is 1. The summed E-state index contributed by atoms with van der Waals surface area (Å²) >= 11 is 0. The zero-order valence-electron chi connectivity index (χ0n) is 16.9. The molecule has 0 bridgehead atoms. The fourth-order valence-corrected chi connectivity index (χ4v) is 4.58. The molecule has 0 spiro atoms. The van der Waals surface area contributed by atoms with E-state index in [2.05, 4.69) is 45.4 Å². The van der Waals surface area contributed by atoms with E-state index in [9.17, 15) is 4.79 Å². The van der Waals surface area contributed by atoms with Crippen molar-refractivity contribution in [2.75, 3.05) is 33.2 Å². The molecule has 28 heavy (non-hydrogen) atoms. The van der Waals surface area contributed by atoms with E-state index in [1.165, 1.54) is 12.0 Å². The molecule has 1 N–H and O–H groups in total. The van der Waals surface area contributed by atoms with Gasteiger partial charge in [-0.3, -0.25) is 4.79 Å². The van der Waals surface area contributed by atoms with Crippen LogP contribution in [-0.4, -0.2) is 55.0 Å². The number of amides is 1. The number of hydrogen-bond donors (Lipinski definition) is 1. The number of carbonyl (C=O) groups is 1. The number of rotatable bonds is 6. The van der Waals surface area contributed by atoms with Gasteiger partial charge < -0.3 is 19.5 Å². The number of hydrogen-bond acceptors (Lipinski definition) is 4. The Bertz CT molecular complexity index is 788. The monoisotopic (exact) mass is 381 g/mol. The maximum Gasteiger partial charge on any atom is 0.289 e. The first kappa shape index (κ1) is 19.2. The lowest BCUT2D eigenvalue weighted by molar-refractivity contribution is 0.0571. The number of nitrogens with one attached hydrogen (secondary N) is 1. The van der Waals surface area contributed by atoms with Gasteiger partial charge in [0.25, 0.3) is 5.91 Å². The Hall–Kier alpha value is -2.11. The second kappa shape index (κ2) is 8.50. The summed E-state index contributed by atoms with van der Waals surface area (Å²) in [4.78, 5) is 17.7. The summed E-state index contributed by atoms with van der Waals surface area (Å²) in [6, 6.07) is 14.8. The van der Waals surface area contributed by atoms with Gasteiger partial charge in [0.15, 0.2) is 5.76 Å². The summed E-state index contributed by atoms with van der Waals surface area (Å²) in [7, 11) is 1.89. The lowest BCUT2D eigenvalue weighted by Gasteiger charge is -2.38. The second-order valence-electron chi connectivity index (χ2n) is 8.15. The lowest BCUT2D eigenvalue weighted by Crippen LogP contribution is -2.50. The fraction of sp³-hybridized carbons (Fsp3) is 0.522. The summed E-state index contributed by atoms with van der Waals surface area (Å²) in [5, 5.41) is 3.16. The molecule has 5 nitrogen and oxygen atoms in total. The average Bonchev–Trinajstić information content (AvgIpc) is 3.39. The van der Waals surface area contributed by atoms with Crippen molar-refractivity contribution < 1.29 is 9.21 Å². The van der Waals surface area contributed by atoms with Gasteiger partial charge >= 0.3 is 0 Å². The van der Waals surface area contributed by atoms with Crippen molar-refractivity contribution in [2.24, 2.45) is 5.92 Å². The van der Waals surface area contributed by atoms with Crippen LogP contribution in [-0.2, 0) is 6.42 Å². The van der Waals surface area contributed by atoms with E-state index >= 15 is 0 Å². The molecule has 1 aromatic carbocycles. The molecule has 2 aliphatic rings. The van der Waals surface area contributed by atoms with Crippen LogP contribution in [0.4, 0.5) is 0 Å². The molecule has 2 fully saturated rings. The van der Waals surface area contributed by atoms with Gasteiger partial charge in [-0.1, -0.05) is 30.3 Å². The van der Waals surface area contributed by atoms with Crippen LogP contribution in [0.2, 0.25) is 0 Å². The predicted octanol–water partition coefficient (Wildman–Crippen LogP) is 3.34. The Kier molecular flexibility index (Phi) is 5.83. The molecule has 5 heteroatoms. The Morgan fingerprint density at radius 1 is 1.18 bits per heavy atom. The SMILES string of the molecule is CNC(C)c1ccc(C(=O)N2CCC3CCN(CCc4ccccc4)CC32)o1. The van der Waals surface area contributed by atoms with E-state index in [0.29, 0.717) is 17.7 Å². The minimum atomic E-state index is 0.0481. The Morgan fingerprint density at radius 2 is 1.96 bits per heavy atom. The van der Waals surface area contributed by atoms with E-state index in [4.69, 9.17) is 4.42 Å². The molecule has 0 radical (unpaired) electrons. The first-order valence-electron chi connectivity index (χ1n) is 10.5. The minimum Gasteiger partial charge on any atom is -0.454 e. The highest BCUT2D eigenvalue weighted by molar-refractivity contribution is 5.92. The second-order valence-corrected chi connectivity index (χ2v) is 8.15. The largest absolute Gasteiger partial charge is 0.454 e. The molecule has 2 aromatic rings. The molecule has 1 amide bonds. The minimum absolute atomic E-state index is 0.0481. The van der Waals surface area contributed by atoms with Crippen LogP contribution in [0.3, 0.4) is 0 Å². The summed E-state index contributed by atoms with van der Waals surface area (Å²) in [6.45, 7) is 6.05. The van der Waals surface area contributed by atoms with E-state index in [1.807, 2.05) is 26.1 Å². The first-order chi connectivity index (χ1) is 13.7. The zero-order valence-corrected chi connectivity index (χ0v) is 16.9. The van der Waals surface area contributed by atoms with Crippen molar-refractivity contribution in [3.63, 3.8) is 0 Å². The molecule has 2 saturated heterocycles. The highest BCUT2D eigenvalue weighted by Gasteiger charge is 2.41. The highest BCUT2D eigenvalue weighted by atomic mass is 16.4. The molecular weight excluding hydrogens is 350 g/mol. The van der Waals surface area contributed by atoms with Gasteiger partial charge in [0.05, 0.1) is 6.04 Å². The number of likely N-dealkylation sites (tertiary alicyclic amines) is 2. The molecule has 3 atom stereocenters. The van der Waals surface area contributed by atoms with Crippen molar-refractivity contribution >= 4 is 5.91 Å². The van der Waals surface area contributed by atoms with Crippen molar-refractivity contribution in [2.45, 2.75) is 38.3 Å². The van der Waals surface area contributed by atoms with Crippen LogP contribution in [0.15, 0.2) is 46.9 Å². The van der Waals surface area contributed by atoms with Crippen molar-refractivity contribution in [1.82, 2.24) is 15.1 Å². The van der Waals surface area contributed by atoms with Crippen LogP contribution in [0.1, 0.15) is 47.7 Å². The quantitative estimate of drug-likeness (QED) is 0.834. The number of piperidine rings is 1. The third-order valence-corrected chi connectivity index (χ3v) is 6.46. The Morgan fingerprint density at radius 3 is 2.75 bits per heavy atom. The summed E-state index contributed by atoms with van der Waals surface area (Å²) < 4.78 is 5.86. The molecule has 0 aliphatic carbocycles. The average molecular weight is 382 g/mol. The zero-order chi connectivity index (χ0) is 19.5. The molecule has 4 rings (SSSR count). The van der Waals surface area contributed by atoms with Crippen LogP contribution in [0, 0.1) is 5.92 Å². The van der Waals surface area contributed by atoms with Gasteiger partial charge in [0.2, 0.25) is 0 Å². The van der Waals surface area contributed by atoms with Gasteiger partial charge in [-0.25, -0.2) is 0 Å². The van der Waals surface area contributed by atoms with E-state index in [1.54, 1.807) is 0 Å². The van der Waals surface area contributed by atoms with Crippen molar-refractivity contribution in [3.8, 4) is 0 Å². The van der Waals surface area contributed by atoms with E-state index in [0.717, 1.165) is 44.8 Å². The molecule has 3 heterocycles. The van der Waals surface area contributed by atoms with Gasteiger partial charge in [-0.2, -0.15) is 0 Å². The Labute approximate surface area is 167 Å². The smallest absolute Gasteiger partial charge is 0.289 e. The van der Waals surface area contributed by atoms with Crippen LogP contribution in [0.25, 0.3) is 0 Å². The standard InChI is InChI=1S/C23H31N3O2/c1-17(24-2)21-8-9-22(28-21)23(27)26-15-12-19-11-14-25(16-20(19)26)13-10-18-6-4-3-5-7-18/h3-9,17,19-20,24H,10-16H2,1-2H3. The van der Waals surface area contributed by atoms with Crippen LogP contribution >= 0.6 is 0 Å². The van der Waals surface area contributed by atoms with Crippen molar-refractivity contribution in [3.05, 3.63) is 59.5 Å². The molecule has 3 unspecified atom stereocenters. The lowest BCUT2D eigenvalue weighted by atomic mass is 9.92. The maximum absolute atomic E-state index is 13.1. The number of benzene rings is 1. The molecular formula is C23H31N3O2. The van der Waals surface area contributed by atoms with Crippen LogP contribution < -0.4 is 5.32 Å². The van der Waals surface area contributed by atoms with Gasteiger partial charge in [-0.05, 0) is 63.4 Å². The van der Waals surface area contributed by atoms with Gasteiger partial charge in [0, 0.05) is 25.7 Å². The van der Waals surface area contributed by atoms with E-state index in [-0.39, 0.29) is 11.9 Å². The third-order valence-electron chi connectivity index (χ3n) is 6.46. The highest BCUT2D eigenvalue weighted by Crippen LogP contribution is 2.33. The number of furan rings is 1. The fourth-order valence-electron chi connectivity index (χ4n) is 4.58. The van der Waals surface area contributed by atoms with Crippen LogP contribution in [0.5, 0.6) is 0 Å². The predicted molar refractivity (Wildman–Crippen MR) is 110 cm³/mol. The summed E-state index contributed by atoms with van der Waals surface area (Å²) in [6.07, 6.45) is 3.36. The van der Waals surface area contributed by atoms with Gasteiger partial charge in [-0.15, -0.1) is 0 Å². The number of fused-ring (bicyclic) bond motifs is 1. The Balaban J connectivity index is 1.39. The topological polar surface area (TPSA) is 48.7 Å².